The fourth-order valence-corrected chi connectivity index (χ4v) is 3.47. The van der Waals surface area contributed by atoms with E-state index in [4.69, 9.17) is 16.3 Å². The number of esters is 1. The molecule has 3 rings (SSSR count). The summed E-state index contributed by atoms with van der Waals surface area (Å²) >= 11 is 8.84. The Hall–Kier alpha value is -1.76. The second-order valence-electron chi connectivity index (χ2n) is 4.36. The number of thiophene rings is 1. The molecule has 112 valence electrons. The molecular weight excluding hydrogens is 345 g/mol. The van der Waals surface area contributed by atoms with E-state index in [1.807, 2.05) is 16.8 Å². The maximum Gasteiger partial charge on any atom is 0.358 e. The van der Waals surface area contributed by atoms with E-state index in [1.165, 1.54) is 29.5 Å². The van der Waals surface area contributed by atoms with E-state index >= 15 is 0 Å². The molecule has 0 bridgehead atoms. The topological polar surface area (TPSA) is 39.2 Å². The van der Waals surface area contributed by atoms with Gasteiger partial charge in [0.2, 0.25) is 0 Å². The molecule has 2 heterocycles. The minimum Gasteiger partial charge on any atom is -0.456 e. The summed E-state index contributed by atoms with van der Waals surface area (Å²) in [7, 11) is 0. The first kappa shape index (κ1) is 15.1. The van der Waals surface area contributed by atoms with Crippen molar-refractivity contribution >= 4 is 40.2 Å². The number of halogens is 2. The van der Waals surface area contributed by atoms with Gasteiger partial charge in [0.1, 0.15) is 17.4 Å². The number of ether oxygens (including phenoxy) is 1. The molecule has 0 N–H and O–H groups in total. The first-order valence-corrected chi connectivity index (χ1v) is 8.42. The van der Waals surface area contributed by atoms with E-state index in [0.29, 0.717) is 5.56 Å². The number of thiazole rings is 1. The number of carbonyl (C=O) groups is 1. The molecule has 0 radical (unpaired) electrons. The molecule has 7 heteroatoms. The summed E-state index contributed by atoms with van der Waals surface area (Å²) in [6.45, 7) is -0.0245. The van der Waals surface area contributed by atoms with E-state index in [1.54, 1.807) is 16.7 Å². The highest BCUT2D eigenvalue weighted by molar-refractivity contribution is 7.14. The minimum atomic E-state index is -0.530. The third-order valence-electron chi connectivity index (χ3n) is 2.86. The molecule has 0 fully saturated rings. The average Bonchev–Trinajstić information content (AvgIpc) is 3.17. The van der Waals surface area contributed by atoms with Crippen LogP contribution in [-0.4, -0.2) is 11.0 Å². The molecule has 0 aliphatic carbocycles. The van der Waals surface area contributed by atoms with Crippen molar-refractivity contribution in [2.24, 2.45) is 0 Å². The number of carbonyl (C=O) groups excluding carboxylic acids is 1. The van der Waals surface area contributed by atoms with E-state index in [0.717, 1.165) is 10.6 Å². The Labute approximate surface area is 139 Å². The van der Waals surface area contributed by atoms with Gasteiger partial charge in [-0.3, -0.25) is 0 Å². The van der Waals surface area contributed by atoms with Crippen molar-refractivity contribution in [2.75, 3.05) is 0 Å². The van der Waals surface area contributed by atoms with Crippen LogP contribution < -0.4 is 0 Å². The molecule has 0 saturated carbocycles. The van der Waals surface area contributed by atoms with Gasteiger partial charge in [-0.2, -0.15) is 11.3 Å². The van der Waals surface area contributed by atoms with Gasteiger partial charge >= 0.3 is 5.97 Å². The standard InChI is InChI=1S/C15H9ClFNO2S2/c16-12-5-11(17)2-1-9(12)6-20-15(19)13-8-22-14(18-13)10-3-4-21-7-10/h1-5,7-8H,6H2. The normalized spacial score (nSPS) is 10.6. The van der Waals surface area contributed by atoms with Crippen LogP contribution in [0.3, 0.4) is 0 Å². The molecule has 0 aliphatic heterocycles. The van der Waals surface area contributed by atoms with Gasteiger partial charge in [0, 0.05) is 21.9 Å². The molecule has 0 atom stereocenters. The molecule has 1 aromatic carbocycles. The lowest BCUT2D eigenvalue weighted by Gasteiger charge is -2.05. The average molecular weight is 354 g/mol. The fraction of sp³-hybridized carbons (Fsp3) is 0.0667. The number of hydrogen-bond donors (Lipinski definition) is 0. The molecule has 0 spiro atoms. The van der Waals surface area contributed by atoms with Gasteiger partial charge in [0.15, 0.2) is 5.69 Å². The maximum absolute atomic E-state index is 12.9. The van der Waals surface area contributed by atoms with Gasteiger partial charge in [-0.25, -0.2) is 14.2 Å². The number of nitrogens with zero attached hydrogens (tertiary/aromatic N) is 1. The third kappa shape index (κ3) is 3.35. The van der Waals surface area contributed by atoms with Gasteiger partial charge in [0.25, 0.3) is 0 Å². The van der Waals surface area contributed by atoms with Crippen LogP contribution in [0, 0.1) is 5.82 Å². The molecule has 3 nitrogen and oxygen atoms in total. The van der Waals surface area contributed by atoms with Gasteiger partial charge in [0.05, 0.1) is 5.02 Å². The molecule has 22 heavy (non-hydrogen) atoms. The van der Waals surface area contributed by atoms with E-state index < -0.39 is 11.8 Å². The summed E-state index contributed by atoms with van der Waals surface area (Å²) in [6.07, 6.45) is 0. The van der Waals surface area contributed by atoms with Crippen LogP contribution in [0.1, 0.15) is 16.1 Å². The van der Waals surface area contributed by atoms with Crippen LogP contribution in [0.4, 0.5) is 4.39 Å². The number of rotatable bonds is 4. The van der Waals surface area contributed by atoms with E-state index in [2.05, 4.69) is 4.98 Å². The first-order chi connectivity index (χ1) is 10.6. The first-order valence-electron chi connectivity index (χ1n) is 6.22. The van der Waals surface area contributed by atoms with Crippen molar-refractivity contribution in [2.45, 2.75) is 6.61 Å². The summed E-state index contributed by atoms with van der Waals surface area (Å²) in [6, 6.07) is 5.88. The van der Waals surface area contributed by atoms with Gasteiger partial charge < -0.3 is 4.74 Å². The van der Waals surface area contributed by atoms with Crippen molar-refractivity contribution in [3.05, 3.63) is 62.5 Å². The number of hydrogen-bond acceptors (Lipinski definition) is 5. The highest BCUT2D eigenvalue weighted by Gasteiger charge is 2.14. The largest absolute Gasteiger partial charge is 0.456 e. The lowest BCUT2D eigenvalue weighted by Crippen LogP contribution is -2.06. The van der Waals surface area contributed by atoms with Gasteiger partial charge in [-0.15, -0.1) is 11.3 Å². The SMILES string of the molecule is O=C(OCc1ccc(F)cc1Cl)c1csc(-c2ccsc2)n1. The molecule has 0 amide bonds. The number of aromatic nitrogens is 1. The van der Waals surface area contributed by atoms with Gasteiger partial charge in [-0.1, -0.05) is 17.7 Å². The zero-order valence-corrected chi connectivity index (χ0v) is 13.5. The highest BCUT2D eigenvalue weighted by atomic mass is 35.5. The van der Waals surface area contributed by atoms with Crippen LogP contribution in [0.5, 0.6) is 0 Å². The summed E-state index contributed by atoms with van der Waals surface area (Å²) < 4.78 is 18.1. The van der Waals surface area contributed by atoms with Crippen molar-refractivity contribution < 1.29 is 13.9 Å². The second kappa shape index (κ2) is 6.56. The Bertz CT molecular complexity index is 802. The quantitative estimate of drug-likeness (QED) is 0.618. The molecule has 0 saturated heterocycles. The highest BCUT2D eigenvalue weighted by Crippen LogP contribution is 2.26. The van der Waals surface area contributed by atoms with Crippen molar-refractivity contribution in [1.82, 2.24) is 4.98 Å². The monoisotopic (exact) mass is 353 g/mol. The molecule has 0 aliphatic rings. The van der Waals surface area contributed by atoms with Crippen LogP contribution in [0.25, 0.3) is 10.6 Å². The molecule has 2 aromatic heterocycles. The van der Waals surface area contributed by atoms with E-state index in [9.17, 15) is 9.18 Å². The predicted molar refractivity (Wildman–Crippen MR) is 86.0 cm³/mol. The maximum atomic E-state index is 12.9. The Morgan fingerprint density at radius 3 is 2.91 bits per heavy atom. The summed E-state index contributed by atoms with van der Waals surface area (Å²) in [4.78, 5) is 16.2. The minimum absolute atomic E-state index is 0.0245. The summed E-state index contributed by atoms with van der Waals surface area (Å²) in [5.74, 6) is -0.960. The smallest absolute Gasteiger partial charge is 0.358 e. The Balaban J connectivity index is 1.67. The van der Waals surface area contributed by atoms with Crippen molar-refractivity contribution in [3.8, 4) is 10.6 Å². The van der Waals surface area contributed by atoms with Crippen LogP contribution in [0.15, 0.2) is 40.4 Å². The van der Waals surface area contributed by atoms with E-state index in [-0.39, 0.29) is 17.3 Å². The lowest BCUT2D eigenvalue weighted by atomic mass is 10.2. The summed E-state index contributed by atoms with van der Waals surface area (Å²) in [5, 5.41) is 6.57. The van der Waals surface area contributed by atoms with Gasteiger partial charge in [-0.05, 0) is 23.6 Å². The third-order valence-corrected chi connectivity index (χ3v) is 4.78. The Morgan fingerprint density at radius 1 is 1.32 bits per heavy atom. The molecular formula is C15H9ClFNO2S2. The lowest BCUT2D eigenvalue weighted by molar-refractivity contribution is 0.0467. The zero-order valence-electron chi connectivity index (χ0n) is 11.1. The summed E-state index contributed by atoms with van der Waals surface area (Å²) in [5.41, 5.74) is 1.78. The second-order valence-corrected chi connectivity index (χ2v) is 6.41. The zero-order chi connectivity index (χ0) is 15.5. The van der Waals surface area contributed by atoms with Crippen molar-refractivity contribution in [1.29, 1.82) is 0 Å². The van der Waals surface area contributed by atoms with Crippen LogP contribution in [0.2, 0.25) is 5.02 Å². The predicted octanol–water partition coefficient (Wildman–Crippen LogP) is 5.02. The van der Waals surface area contributed by atoms with Crippen LogP contribution >= 0.6 is 34.3 Å². The molecule has 3 aromatic rings. The Kier molecular flexibility index (Phi) is 4.52. The number of benzene rings is 1. The Morgan fingerprint density at radius 2 is 2.18 bits per heavy atom. The molecule has 0 unspecified atom stereocenters. The fourth-order valence-electron chi connectivity index (χ4n) is 1.74. The van der Waals surface area contributed by atoms with Crippen LogP contribution in [-0.2, 0) is 11.3 Å². The van der Waals surface area contributed by atoms with Crippen molar-refractivity contribution in [3.63, 3.8) is 0 Å².